The molecule has 4 nitrogen and oxygen atoms in total. The van der Waals surface area contributed by atoms with Gasteiger partial charge in [-0.15, -0.1) is 0 Å². The molecule has 0 N–H and O–H groups in total. The lowest BCUT2D eigenvalue weighted by Crippen LogP contribution is -2.03. The zero-order valence-electron chi connectivity index (χ0n) is 13.8. The second-order valence-corrected chi connectivity index (χ2v) is 6.31. The van der Waals surface area contributed by atoms with Crippen molar-refractivity contribution in [2.75, 3.05) is 0 Å². The molecule has 0 fully saturated rings. The summed E-state index contributed by atoms with van der Waals surface area (Å²) in [6.07, 6.45) is 0. The van der Waals surface area contributed by atoms with Crippen LogP contribution in [0.15, 0.2) is 63.8 Å². The van der Waals surface area contributed by atoms with Crippen LogP contribution < -0.4 is 5.63 Å². The summed E-state index contributed by atoms with van der Waals surface area (Å²) < 4.78 is 7.18. The summed E-state index contributed by atoms with van der Waals surface area (Å²) in [6.45, 7) is 3.82. The third kappa shape index (κ3) is 2.55. The molecule has 124 valence electrons. The van der Waals surface area contributed by atoms with Crippen molar-refractivity contribution in [2.24, 2.45) is 0 Å². The van der Waals surface area contributed by atoms with Crippen LogP contribution in [0.3, 0.4) is 0 Å². The first-order chi connectivity index (χ1) is 12.1. The van der Waals surface area contributed by atoms with E-state index in [1.54, 1.807) is 4.68 Å². The summed E-state index contributed by atoms with van der Waals surface area (Å²) in [5.74, 6) is 0. The average Bonchev–Trinajstić information content (AvgIpc) is 2.94. The van der Waals surface area contributed by atoms with Crippen molar-refractivity contribution < 1.29 is 4.42 Å². The van der Waals surface area contributed by atoms with Gasteiger partial charge >= 0.3 is 5.63 Å². The van der Waals surface area contributed by atoms with Gasteiger partial charge in [0.15, 0.2) is 0 Å². The van der Waals surface area contributed by atoms with Crippen LogP contribution in [0.5, 0.6) is 0 Å². The fourth-order valence-corrected chi connectivity index (χ4v) is 3.23. The van der Waals surface area contributed by atoms with E-state index in [4.69, 9.17) is 16.0 Å². The minimum absolute atomic E-state index is 0.410. The summed E-state index contributed by atoms with van der Waals surface area (Å²) >= 11 is 6.25. The molecule has 0 spiro atoms. The lowest BCUT2D eigenvalue weighted by molar-refractivity contribution is 0.535. The van der Waals surface area contributed by atoms with E-state index in [0.29, 0.717) is 10.7 Å². The summed E-state index contributed by atoms with van der Waals surface area (Å²) in [6, 6.07) is 16.9. The SMILES string of the molecule is Cc1c(Cl)cccc1-n1nc(C)c2c(-c3ccccc3)cc(=O)oc21. The molecule has 2 aromatic carbocycles. The highest BCUT2D eigenvalue weighted by Crippen LogP contribution is 2.32. The van der Waals surface area contributed by atoms with Gasteiger partial charge in [-0.05, 0) is 37.1 Å². The Morgan fingerprint density at radius 1 is 1.04 bits per heavy atom. The highest BCUT2D eigenvalue weighted by Gasteiger charge is 2.19. The van der Waals surface area contributed by atoms with Crippen molar-refractivity contribution in [2.45, 2.75) is 13.8 Å². The van der Waals surface area contributed by atoms with Crippen LogP contribution in [0, 0.1) is 13.8 Å². The predicted molar refractivity (Wildman–Crippen MR) is 99.5 cm³/mol. The number of benzene rings is 2. The van der Waals surface area contributed by atoms with E-state index >= 15 is 0 Å². The second kappa shape index (κ2) is 5.90. The summed E-state index contributed by atoms with van der Waals surface area (Å²) in [5, 5.41) is 6.08. The molecular weight excluding hydrogens is 336 g/mol. The van der Waals surface area contributed by atoms with E-state index in [1.807, 2.05) is 62.4 Å². The summed E-state index contributed by atoms with van der Waals surface area (Å²) in [5.41, 5.74) is 4.24. The molecule has 4 rings (SSSR count). The number of nitrogens with zero attached hydrogens (tertiary/aromatic N) is 2. The Bertz CT molecular complexity index is 1140. The molecule has 0 bridgehead atoms. The molecule has 0 aliphatic rings. The van der Waals surface area contributed by atoms with Crippen LogP contribution in [-0.2, 0) is 0 Å². The normalized spacial score (nSPS) is 11.2. The highest BCUT2D eigenvalue weighted by molar-refractivity contribution is 6.31. The molecule has 0 radical (unpaired) electrons. The minimum Gasteiger partial charge on any atom is -0.403 e. The van der Waals surface area contributed by atoms with Gasteiger partial charge in [-0.25, -0.2) is 4.79 Å². The largest absolute Gasteiger partial charge is 0.403 e. The monoisotopic (exact) mass is 350 g/mol. The maximum Gasteiger partial charge on any atom is 0.338 e. The Morgan fingerprint density at radius 2 is 1.80 bits per heavy atom. The molecule has 2 aromatic heterocycles. The van der Waals surface area contributed by atoms with Crippen molar-refractivity contribution in [1.82, 2.24) is 9.78 Å². The number of hydrogen-bond acceptors (Lipinski definition) is 3. The van der Waals surface area contributed by atoms with Gasteiger partial charge in [-0.1, -0.05) is 48.0 Å². The highest BCUT2D eigenvalue weighted by atomic mass is 35.5. The first-order valence-electron chi connectivity index (χ1n) is 7.90. The minimum atomic E-state index is -0.410. The topological polar surface area (TPSA) is 48.0 Å². The van der Waals surface area contributed by atoms with Gasteiger partial charge in [-0.3, -0.25) is 0 Å². The van der Waals surface area contributed by atoms with E-state index in [1.165, 1.54) is 6.07 Å². The van der Waals surface area contributed by atoms with Gasteiger partial charge in [-0.2, -0.15) is 9.78 Å². The quantitative estimate of drug-likeness (QED) is 0.515. The van der Waals surface area contributed by atoms with Crippen molar-refractivity contribution in [3.8, 4) is 16.8 Å². The van der Waals surface area contributed by atoms with E-state index in [9.17, 15) is 4.79 Å². The first kappa shape index (κ1) is 15.7. The maximum absolute atomic E-state index is 12.2. The number of fused-ring (bicyclic) bond motifs is 1. The number of aromatic nitrogens is 2. The molecule has 0 aliphatic heterocycles. The van der Waals surface area contributed by atoms with E-state index in [-0.39, 0.29) is 0 Å². The van der Waals surface area contributed by atoms with Gasteiger partial charge in [0.2, 0.25) is 5.71 Å². The van der Waals surface area contributed by atoms with Crippen molar-refractivity contribution >= 4 is 22.7 Å². The molecule has 5 heteroatoms. The van der Waals surface area contributed by atoms with Crippen LogP contribution in [0.4, 0.5) is 0 Å². The van der Waals surface area contributed by atoms with Gasteiger partial charge in [0.1, 0.15) is 0 Å². The van der Waals surface area contributed by atoms with Crippen LogP contribution in [0.25, 0.3) is 27.9 Å². The molecule has 25 heavy (non-hydrogen) atoms. The molecule has 0 amide bonds. The number of hydrogen-bond donors (Lipinski definition) is 0. The second-order valence-electron chi connectivity index (χ2n) is 5.91. The third-order valence-electron chi connectivity index (χ3n) is 4.30. The van der Waals surface area contributed by atoms with Crippen molar-refractivity contribution in [3.63, 3.8) is 0 Å². The van der Waals surface area contributed by atoms with Gasteiger partial charge in [0, 0.05) is 16.7 Å². The zero-order valence-corrected chi connectivity index (χ0v) is 14.5. The molecule has 2 heterocycles. The number of aryl methyl sites for hydroxylation is 1. The van der Waals surface area contributed by atoms with E-state index < -0.39 is 5.63 Å². The van der Waals surface area contributed by atoms with Gasteiger partial charge in [0.25, 0.3) is 0 Å². The number of rotatable bonds is 2. The standard InChI is InChI=1S/C20H15ClN2O2/c1-12-16(21)9-6-10-17(12)23-20-19(13(2)22-23)15(11-18(24)25-20)14-7-4-3-5-8-14/h3-11H,1-2H3. The fraction of sp³-hybridized carbons (Fsp3) is 0.100. The Labute approximate surface area is 149 Å². The third-order valence-corrected chi connectivity index (χ3v) is 4.71. The zero-order chi connectivity index (χ0) is 17.6. The maximum atomic E-state index is 12.2. The van der Waals surface area contributed by atoms with Crippen LogP contribution >= 0.6 is 11.6 Å². The molecule has 0 aliphatic carbocycles. The van der Waals surface area contributed by atoms with Crippen LogP contribution in [0.2, 0.25) is 5.02 Å². The summed E-state index contributed by atoms with van der Waals surface area (Å²) in [7, 11) is 0. The summed E-state index contributed by atoms with van der Waals surface area (Å²) in [4.78, 5) is 12.2. The average molecular weight is 351 g/mol. The van der Waals surface area contributed by atoms with E-state index in [2.05, 4.69) is 5.10 Å². The predicted octanol–water partition coefficient (Wildman–Crippen LogP) is 4.92. The molecular formula is C20H15ClN2O2. The molecule has 0 saturated heterocycles. The Kier molecular flexibility index (Phi) is 3.70. The lowest BCUT2D eigenvalue weighted by Gasteiger charge is -2.08. The molecule has 0 saturated carbocycles. The Hall–Kier alpha value is -2.85. The molecule has 0 atom stereocenters. The smallest absolute Gasteiger partial charge is 0.338 e. The van der Waals surface area contributed by atoms with Gasteiger partial charge in [0.05, 0.1) is 16.8 Å². The van der Waals surface area contributed by atoms with Crippen molar-refractivity contribution in [3.05, 3.63) is 81.3 Å². The van der Waals surface area contributed by atoms with Crippen LogP contribution in [-0.4, -0.2) is 9.78 Å². The fourth-order valence-electron chi connectivity index (χ4n) is 3.06. The Morgan fingerprint density at radius 3 is 2.56 bits per heavy atom. The van der Waals surface area contributed by atoms with Gasteiger partial charge < -0.3 is 4.42 Å². The van der Waals surface area contributed by atoms with Crippen molar-refractivity contribution in [1.29, 1.82) is 0 Å². The number of halogens is 1. The van der Waals surface area contributed by atoms with E-state index in [0.717, 1.165) is 33.5 Å². The Balaban J connectivity index is 2.09. The first-order valence-corrected chi connectivity index (χ1v) is 8.28. The molecule has 0 unspecified atom stereocenters. The molecule has 4 aromatic rings. The van der Waals surface area contributed by atoms with Crippen LogP contribution in [0.1, 0.15) is 11.3 Å². The lowest BCUT2D eigenvalue weighted by atomic mass is 10.0.